The summed E-state index contributed by atoms with van der Waals surface area (Å²) < 4.78 is 10.4. The van der Waals surface area contributed by atoms with E-state index in [2.05, 4.69) is 20.8 Å². The third kappa shape index (κ3) is 4.37. The first-order valence-corrected chi connectivity index (χ1v) is 7.17. The average Bonchev–Trinajstić information content (AvgIpc) is 3.09. The molecule has 0 saturated heterocycles. The lowest BCUT2D eigenvalue weighted by Crippen LogP contribution is -2.38. The molecular weight excluding hydrogens is 268 g/mol. The highest BCUT2D eigenvalue weighted by atomic mass is 16.5. The fourth-order valence-corrected chi connectivity index (χ4v) is 2.07. The monoisotopic (exact) mass is 290 g/mol. The van der Waals surface area contributed by atoms with Crippen LogP contribution in [-0.2, 0) is 13.0 Å². The van der Waals surface area contributed by atoms with E-state index in [1.165, 1.54) is 0 Å². The quantitative estimate of drug-likeness (QED) is 0.630. The lowest BCUT2D eigenvalue weighted by Gasteiger charge is -2.10. The number of aryl methyl sites for hydroxylation is 2. The van der Waals surface area contributed by atoms with Crippen LogP contribution >= 0.6 is 0 Å². The molecule has 0 aliphatic carbocycles. The molecule has 21 heavy (non-hydrogen) atoms. The topological polar surface area (TPSA) is 75.6 Å². The molecule has 0 radical (unpaired) electrons. The van der Waals surface area contributed by atoms with Crippen LogP contribution < -0.4 is 10.6 Å². The van der Waals surface area contributed by atoms with Gasteiger partial charge in [0, 0.05) is 18.7 Å². The molecule has 0 aromatic carbocycles. The Kier molecular flexibility index (Phi) is 5.43. The van der Waals surface area contributed by atoms with E-state index in [9.17, 15) is 0 Å². The van der Waals surface area contributed by atoms with Crippen molar-refractivity contribution in [2.24, 2.45) is 4.99 Å². The van der Waals surface area contributed by atoms with Crippen LogP contribution in [0.5, 0.6) is 0 Å². The number of hydrogen-bond donors (Lipinski definition) is 2. The zero-order valence-corrected chi connectivity index (χ0v) is 12.8. The fourth-order valence-electron chi connectivity index (χ4n) is 2.07. The molecule has 6 nitrogen and oxygen atoms in total. The molecular formula is C15H22N4O2. The molecule has 6 heteroatoms. The molecule has 0 unspecified atom stereocenters. The van der Waals surface area contributed by atoms with Crippen molar-refractivity contribution in [2.75, 3.05) is 13.1 Å². The van der Waals surface area contributed by atoms with E-state index in [0.29, 0.717) is 6.54 Å². The first-order valence-electron chi connectivity index (χ1n) is 7.17. The normalized spacial score (nSPS) is 11.7. The Morgan fingerprint density at radius 3 is 2.81 bits per heavy atom. The van der Waals surface area contributed by atoms with Crippen molar-refractivity contribution in [1.29, 1.82) is 0 Å². The molecule has 0 aliphatic rings. The number of hydrogen-bond acceptors (Lipinski definition) is 4. The lowest BCUT2D eigenvalue weighted by atomic mass is 10.1. The van der Waals surface area contributed by atoms with Gasteiger partial charge in [-0.2, -0.15) is 0 Å². The summed E-state index contributed by atoms with van der Waals surface area (Å²) in [5.74, 6) is 2.51. The largest absolute Gasteiger partial charge is 0.467 e. The van der Waals surface area contributed by atoms with Crippen LogP contribution in [0.2, 0.25) is 0 Å². The van der Waals surface area contributed by atoms with Gasteiger partial charge in [-0.1, -0.05) is 5.16 Å². The highest BCUT2D eigenvalue weighted by Gasteiger charge is 2.08. The summed E-state index contributed by atoms with van der Waals surface area (Å²) in [5, 5.41) is 10.5. The van der Waals surface area contributed by atoms with E-state index in [1.807, 2.05) is 32.9 Å². The van der Waals surface area contributed by atoms with Crippen LogP contribution in [0.25, 0.3) is 0 Å². The fraction of sp³-hybridized carbons (Fsp3) is 0.467. The van der Waals surface area contributed by atoms with Gasteiger partial charge >= 0.3 is 0 Å². The first-order chi connectivity index (χ1) is 10.2. The average molecular weight is 290 g/mol. The Hall–Kier alpha value is -2.24. The number of nitrogens with one attached hydrogen (secondary N) is 2. The van der Waals surface area contributed by atoms with E-state index in [4.69, 9.17) is 8.94 Å². The van der Waals surface area contributed by atoms with E-state index in [0.717, 1.165) is 48.2 Å². The maximum absolute atomic E-state index is 5.27. The van der Waals surface area contributed by atoms with E-state index < -0.39 is 0 Å². The minimum Gasteiger partial charge on any atom is -0.467 e. The molecule has 0 atom stereocenters. The van der Waals surface area contributed by atoms with Gasteiger partial charge in [0.25, 0.3) is 0 Å². The highest BCUT2D eigenvalue weighted by Crippen LogP contribution is 2.12. The molecule has 0 aliphatic heterocycles. The zero-order chi connectivity index (χ0) is 15.1. The summed E-state index contributed by atoms with van der Waals surface area (Å²) in [6.45, 7) is 8.04. The van der Waals surface area contributed by atoms with Crippen LogP contribution in [0.3, 0.4) is 0 Å². The Morgan fingerprint density at radius 2 is 2.19 bits per heavy atom. The van der Waals surface area contributed by atoms with Gasteiger partial charge in [0.05, 0.1) is 12.0 Å². The van der Waals surface area contributed by atoms with Crippen molar-refractivity contribution >= 4 is 5.96 Å². The molecule has 0 fully saturated rings. The summed E-state index contributed by atoms with van der Waals surface area (Å²) in [6, 6.07) is 3.78. The maximum Gasteiger partial charge on any atom is 0.191 e. The Labute approximate surface area is 124 Å². The number of aliphatic imine (C=N–C) groups is 1. The molecule has 0 amide bonds. The summed E-state index contributed by atoms with van der Waals surface area (Å²) in [4.78, 5) is 4.48. The SMILES string of the molecule is CCNC(=NCc1ccco1)NCCc1c(C)noc1C. The van der Waals surface area contributed by atoms with Crippen molar-refractivity contribution in [1.82, 2.24) is 15.8 Å². The highest BCUT2D eigenvalue weighted by molar-refractivity contribution is 5.79. The second-order valence-electron chi connectivity index (χ2n) is 4.75. The standard InChI is InChI=1S/C15H22N4O2/c1-4-16-15(18-10-13-6-5-9-20-13)17-8-7-14-11(2)19-21-12(14)3/h5-6,9H,4,7-8,10H2,1-3H3,(H2,16,17,18). The molecule has 0 bridgehead atoms. The molecule has 2 aromatic rings. The van der Waals surface area contributed by atoms with Crippen molar-refractivity contribution in [3.8, 4) is 0 Å². The summed E-state index contributed by atoms with van der Waals surface area (Å²) in [5.41, 5.74) is 2.11. The van der Waals surface area contributed by atoms with Gasteiger partial charge in [-0.3, -0.25) is 0 Å². The smallest absolute Gasteiger partial charge is 0.191 e. The Balaban J connectivity index is 1.86. The van der Waals surface area contributed by atoms with Gasteiger partial charge in [-0.25, -0.2) is 4.99 Å². The van der Waals surface area contributed by atoms with Crippen LogP contribution in [0.15, 0.2) is 32.3 Å². The second kappa shape index (κ2) is 7.52. The van der Waals surface area contributed by atoms with E-state index >= 15 is 0 Å². The number of nitrogens with zero attached hydrogens (tertiary/aromatic N) is 2. The summed E-state index contributed by atoms with van der Waals surface area (Å²) in [6.07, 6.45) is 2.51. The Morgan fingerprint density at radius 1 is 1.33 bits per heavy atom. The molecule has 2 N–H and O–H groups in total. The zero-order valence-electron chi connectivity index (χ0n) is 12.8. The van der Waals surface area contributed by atoms with E-state index in [1.54, 1.807) is 6.26 Å². The lowest BCUT2D eigenvalue weighted by molar-refractivity contribution is 0.392. The minimum atomic E-state index is 0.521. The van der Waals surface area contributed by atoms with Gasteiger partial charge < -0.3 is 19.6 Å². The molecule has 0 spiro atoms. The number of furan rings is 1. The van der Waals surface area contributed by atoms with Crippen molar-refractivity contribution in [3.05, 3.63) is 41.2 Å². The molecule has 2 aromatic heterocycles. The third-order valence-corrected chi connectivity index (χ3v) is 3.17. The van der Waals surface area contributed by atoms with Gasteiger partial charge in [0.15, 0.2) is 5.96 Å². The maximum atomic E-state index is 5.27. The summed E-state index contributed by atoms with van der Waals surface area (Å²) >= 11 is 0. The van der Waals surface area contributed by atoms with Gasteiger partial charge in [0.2, 0.25) is 0 Å². The number of rotatable bonds is 6. The minimum absolute atomic E-state index is 0.521. The predicted molar refractivity (Wildman–Crippen MR) is 81.2 cm³/mol. The predicted octanol–water partition coefficient (Wildman–Crippen LogP) is 2.18. The molecule has 2 heterocycles. The van der Waals surface area contributed by atoms with Crippen molar-refractivity contribution in [2.45, 2.75) is 33.7 Å². The van der Waals surface area contributed by atoms with Gasteiger partial charge in [0.1, 0.15) is 18.1 Å². The van der Waals surface area contributed by atoms with Gasteiger partial charge in [-0.05, 0) is 39.3 Å². The van der Waals surface area contributed by atoms with Crippen molar-refractivity contribution in [3.63, 3.8) is 0 Å². The second-order valence-corrected chi connectivity index (χ2v) is 4.75. The number of aromatic nitrogens is 1. The van der Waals surface area contributed by atoms with Crippen LogP contribution in [-0.4, -0.2) is 24.2 Å². The molecule has 2 rings (SSSR count). The third-order valence-electron chi connectivity index (χ3n) is 3.17. The van der Waals surface area contributed by atoms with E-state index in [-0.39, 0.29) is 0 Å². The number of guanidine groups is 1. The first kappa shape index (κ1) is 15.2. The Bertz CT molecular complexity index is 553. The van der Waals surface area contributed by atoms with Gasteiger partial charge in [-0.15, -0.1) is 0 Å². The summed E-state index contributed by atoms with van der Waals surface area (Å²) in [7, 11) is 0. The van der Waals surface area contributed by atoms with Crippen LogP contribution in [0, 0.1) is 13.8 Å². The van der Waals surface area contributed by atoms with Crippen LogP contribution in [0.1, 0.15) is 29.7 Å². The molecule has 114 valence electrons. The van der Waals surface area contributed by atoms with Crippen LogP contribution in [0.4, 0.5) is 0 Å². The molecule has 0 saturated carbocycles. The van der Waals surface area contributed by atoms with Crippen molar-refractivity contribution < 1.29 is 8.94 Å².